The fourth-order valence-electron chi connectivity index (χ4n) is 0.993. The van der Waals surface area contributed by atoms with Crippen molar-refractivity contribution in [3.8, 4) is 5.75 Å². The largest absolute Gasteiger partial charge is 0.573 e. The highest BCUT2D eigenvalue weighted by molar-refractivity contribution is 14.1. The number of halogens is 5. The first-order chi connectivity index (χ1) is 7.74. The third kappa shape index (κ3) is 3.98. The summed E-state index contributed by atoms with van der Waals surface area (Å²) < 4.78 is 39.8. The molecule has 0 aliphatic rings. The van der Waals surface area contributed by atoms with Gasteiger partial charge in [-0.25, -0.2) is 9.78 Å². The van der Waals surface area contributed by atoms with Gasteiger partial charge in [-0.3, -0.25) is 0 Å². The lowest BCUT2D eigenvalue weighted by Gasteiger charge is -2.13. The Bertz CT molecular complexity index is 452. The van der Waals surface area contributed by atoms with E-state index in [-0.39, 0.29) is 9.03 Å². The third-order valence-corrected chi connectivity index (χ3v) is 2.88. The summed E-state index contributed by atoms with van der Waals surface area (Å²) in [5.74, 6) is -2.30. The highest BCUT2D eigenvalue weighted by Gasteiger charge is 2.34. The molecule has 0 radical (unpaired) electrons. The van der Waals surface area contributed by atoms with Crippen molar-refractivity contribution >= 4 is 44.5 Å². The van der Waals surface area contributed by atoms with Crippen molar-refractivity contribution in [1.29, 1.82) is 0 Å². The number of carbonyl (C=O) groups is 1. The maximum Gasteiger partial charge on any atom is 0.573 e. The number of ether oxygens (including phenoxy) is 1. The van der Waals surface area contributed by atoms with Crippen molar-refractivity contribution in [2.45, 2.75) is 11.7 Å². The summed E-state index contributed by atoms with van der Waals surface area (Å²) >= 11 is 4.53. The summed E-state index contributed by atoms with van der Waals surface area (Å²) in [6.45, 7) is 0. The lowest BCUT2D eigenvalue weighted by atomic mass is 10.2. The predicted molar refractivity (Wildman–Crippen MR) is 63.2 cm³/mol. The first kappa shape index (κ1) is 14.5. The van der Waals surface area contributed by atoms with Crippen LogP contribution in [-0.2, 0) is 5.33 Å². The van der Waals surface area contributed by atoms with Gasteiger partial charge in [0.25, 0.3) is 0 Å². The van der Waals surface area contributed by atoms with E-state index in [0.717, 1.165) is 6.07 Å². The minimum Gasteiger partial charge on any atom is -0.478 e. The van der Waals surface area contributed by atoms with Crippen molar-refractivity contribution < 1.29 is 27.8 Å². The van der Waals surface area contributed by atoms with E-state index in [9.17, 15) is 18.0 Å². The number of aromatic carboxylic acids is 1. The van der Waals surface area contributed by atoms with Crippen LogP contribution in [0.25, 0.3) is 0 Å². The quantitative estimate of drug-likeness (QED) is 0.459. The second-order valence-electron chi connectivity index (χ2n) is 2.77. The topological polar surface area (TPSA) is 59.4 Å². The molecule has 1 aromatic rings. The fraction of sp³-hybridized carbons (Fsp3) is 0.250. The van der Waals surface area contributed by atoms with Crippen LogP contribution < -0.4 is 4.74 Å². The van der Waals surface area contributed by atoms with Gasteiger partial charge in [-0.1, -0.05) is 15.9 Å². The molecule has 9 heteroatoms. The molecular formula is C8H4BrF3INO3. The zero-order valence-electron chi connectivity index (χ0n) is 7.89. The molecule has 0 fully saturated rings. The minimum absolute atomic E-state index is 0.158. The van der Waals surface area contributed by atoms with Crippen LogP contribution in [0.4, 0.5) is 13.2 Å². The smallest absolute Gasteiger partial charge is 0.478 e. The second-order valence-corrected chi connectivity index (χ2v) is 4.35. The van der Waals surface area contributed by atoms with Gasteiger partial charge < -0.3 is 9.84 Å². The molecule has 0 saturated carbocycles. The average molecular weight is 426 g/mol. The van der Waals surface area contributed by atoms with Gasteiger partial charge in [0.15, 0.2) is 5.75 Å². The maximum atomic E-state index is 12.1. The molecule has 1 aromatic heterocycles. The molecule has 94 valence electrons. The molecule has 0 bridgehead atoms. The fourth-order valence-corrected chi connectivity index (χ4v) is 1.99. The van der Waals surface area contributed by atoms with Crippen LogP contribution in [-0.4, -0.2) is 22.4 Å². The standard InChI is InChI=1S/C8H4BrF3INO3/c9-2-3-1-4(7(15)16)5(6(13)14-3)17-8(10,11)12/h1H,2H2,(H,15,16). The van der Waals surface area contributed by atoms with Crippen LogP contribution >= 0.6 is 38.5 Å². The Labute approximate surface area is 115 Å². The zero-order chi connectivity index (χ0) is 13.2. The van der Waals surface area contributed by atoms with Crippen LogP contribution in [0.15, 0.2) is 6.07 Å². The summed E-state index contributed by atoms with van der Waals surface area (Å²) in [5, 5.41) is 9.04. The van der Waals surface area contributed by atoms with E-state index >= 15 is 0 Å². The Morgan fingerprint density at radius 1 is 1.59 bits per heavy atom. The second kappa shape index (κ2) is 5.38. The summed E-state index contributed by atoms with van der Waals surface area (Å²) in [6.07, 6.45) is -4.96. The molecule has 0 aromatic carbocycles. The number of carboxylic acid groups (broad SMARTS) is 1. The Morgan fingerprint density at radius 2 is 2.18 bits per heavy atom. The number of hydrogen-bond donors (Lipinski definition) is 1. The van der Waals surface area contributed by atoms with Crippen LogP contribution in [0, 0.1) is 3.70 Å². The molecular weight excluding hydrogens is 422 g/mol. The highest BCUT2D eigenvalue weighted by Crippen LogP contribution is 2.31. The number of nitrogens with zero attached hydrogens (tertiary/aromatic N) is 1. The molecule has 4 nitrogen and oxygen atoms in total. The van der Waals surface area contributed by atoms with Crippen molar-refractivity contribution in [1.82, 2.24) is 4.98 Å². The van der Waals surface area contributed by atoms with Crippen molar-refractivity contribution in [3.05, 3.63) is 21.0 Å². The Balaban J connectivity index is 3.32. The first-order valence-electron chi connectivity index (χ1n) is 3.99. The minimum atomic E-state index is -4.96. The molecule has 0 spiro atoms. The molecule has 17 heavy (non-hydrogen) atoms. The maximum absolute atomic E-state index is 12.1. The lowest BCUT2D eigenvalue weighted by molar-refractivity contribution is -0.275. The van der Waals surface area contributed by atoms with E-state index in [1.807, 2.05) is 0 Å². The van der Waals surface area contributed by atoms with Gasteiger partial charge in [0.1, 0.15) is 9.26 Å². The molecule has 0 saturated heterocycles. The van der Waals surface area contributed by atoms with Gasteiger partial charge in [0, 0.05) is 5.33 Å². The number of hydrogen-bond acceptors (Lipinski definition) is 3. The number of aromatic nitrogens is 1. The van der Waals surface area contributed by atoms with Gasteiger partial charge in [-0.05, 0) is 28.7 Å². The molecule has 1 rings (SSSR count). The van der Waals surface area contributed by atoms with Gasteiger partial charge in [0.2, 0.25) is 0 Å². The van der Waals surface area contributed by atoms with Crippen molar-refractivity contribution in [2.24, 2.45) is 0 Å². The summed E-state index contributed by atoms with van der Waals surface area (Å²) in [5.41, 5.74) is -0.266. The molecule has 0 atom stereocenters. The highest BCUT2D eigenvalue weighted by atomic mass is 127. The molecule has 0 unspecified atom stereocenters. The summed E-state index contributed by atoms with van der Waals surface area (Å²) in [7, 11) is 0. The van der Waals surface area contributed by atoms with E-state index in [0.29, 0.717) is 5.69 Å². The van der Waals surface area contributed by atoms with Crippen LogP contribution in [0.2, 0.25) is 0 Å². The number of pyridine rings is 1. The predicted octanol–water partition coefficient (Wildman–Crippen LogP) is 3.18. The monoisotopic (exact) mass is 425 g/mol. The molecule has 0 aliphatic carbocycles. The van der Waals surface area contributed by atoms with Gasteiger partial charge in [-0.15, -0.1) is 13.2 Å². The van der Waals surface area contributed by atoms with E-state index in [4.69, 9.17) is 5.11 Å². The average Bonchev–Trinajstić information content (AvgIpc) is 2.18. The Kier molecular flexibility index (Phi) is 4.58. The summed E-state index contributed by atoms with van der Waals surface area (Å²) in [4.78, 5) is 14.6. The number of rotatable bonds is 3. The normalized spacial score (nSPS) is 11.4. The molecule has 0 amide bonds. The molecule has 1 heterocycles. The molecule has 0 aliphatic heterocycles. The summed E-state index contributed by atoms with van der Waals surface area (Å²) in [6, 6.07) is 1.03. The van der Waals surface area contributed by atoms with E-state index in [1.54, 1.807) is 0 Å². The molecule has 1 N–H and O–H groups in total. The van der Waals surface area contributed by atoms with Crippen LogP contribution in [0.1, 0.15) is 16.1 Å². The van der Waals surface area contributed by atoms with Gasteiger partial charge in [-0.2, -0.15) is 0 Å². The van der Waals surface area contributed by atoms with Crippen LogP contribution in [0.3, 0.4) is 0 Å². The number of carboxylic acids is 1. The van der Waals surface area contributed by atoms with Crippen LogP contribution in [0.5, 0.6) is 5.75 Å². The third-order valence-electron chi connectivity index (χ3n) is 1.57. The Hall–Kier alpha value is -0.580. The lowest BCUT2D eigenvalue weighted by Crippen LogP contribution is -2.20. The number of alkyl halides is 4. The van der Waals surface area contributed by atoms with Crippen molar-refractivity contribution in [2.75, 3.05) is 0 Å². The first-order valence-corrected chi connectivity index (χ1v) is 6.19. The van der Waals surface area contributed by atoms with Gasteiger partial charge in [0.05, 0.1) is 5.69 Å². The van der Waals surface area contributed by atoms with E-state index < -0.39 is 23.6 Å². The SMILES string of the molecule is O=C(O)c1cc(CBr)nc(I)c1OC(F)(F)F. The van der Waals surface area contributed by atoms with Gasteiger partial charge >= 0.3 is 12.3 Å². The van der Waals surface area contributed by atoms with E-state index in [2.05, 4.69) is 25.7 Å². The van der Waals surface area contributed by atoms with E-state index in [1.165, 1.54) is 22.6 Å². The van der Waals surface area contributed by atoms with Crippen molar-refractivity contribution in [3.63, 3.8) is 0 Å². The Morgan fingerprint density at radius 3 is 2.59 bits per heavy atom. The zero-order valence-corrected chi connectivity index (χ0v) is 11.6.